The van der Waals surface area contributed by atoms with E-state index >= 15 is 0 Å². The van der Waals surface area contributed by atoms with Crippen molar-refractivity contribution in [2.75, 3.05) is 0 Å². The van der Waals surface area contributed by atoms with Crippen LogP contribution in [-0.4, -0.2) is 9.97 Å². The molecule has 0 saturated carbocycles. The van der Waals surface area contributed by atoms with Crippen molar-refractivity contribution in [3.8, 4) is 11.3 Å². The van der Waals surface area contributed by atoms with Crippen LogP contribution in [0.15, 0.2) is 72.9 Å². The molecule has 1 aliphatic carbocycles. The average molecular weight is 273 g/mol. The SMILES string of the molecule is N.c1ccc2c3cc-3nc2c1.c1ccc2ncccc2c1. The van der Waals surface area contributed by atoms with Crippen LogP contribution in [0.2, 0.25) is 0 Å². The molecule has 3 nitrogen and oxygen atoms in total. The fourth-order valence-electron chi connectivity index (χ4n) is 2.35. The molecule has 0 unspecified atom stereocenters. The molecule has 2 aromatic carbocycles. The Morgan fingerprint density at radius 3 is 2.24 bits per heavy atom. The normalized spacial score (nSPS) is 10.5. The van der Waals surface area contributed by atoms with Gasteiger partial charge in [-0.15, -0.1) is 0 Å². The first-order valence-electron chi connectivity index (χ1n) is 6.62. The molecule has 3 heteroatoms. The topological polar surface area (TPSA) is 60.8 Å². The summed E-state index contributed by atoms with van der Waals surface area (Å²) in [5, 5.41) is 2.50. The Labute approximate surface area is 122 Å². The molecule has 1 aliphatic heterocycles. The summed E-state index contributed by atoms with van der Waals surface area (Å²) in [6.45, 7) is 0. The Morgan fingerprint density at radius 2 is 1.43 bits per heavy atom. The molecule has 1 aromatic heterocycles. The molecule has 21 heavy (non-hydrogen) atoms. The smallest absolute Gasteiger partial charge is 0.0724 e. The van der Waals surface area contributed by atoms with Gasteiger partial charge in [0.15, 0.2) is 0 Å². The lowest BCUT2D eigenvalue weighted by Crippen LogP contribution is -1.73. The van der Waals surface area contributed by atoms with E-state index in [0.717, 1.165) is 11.0 Å². The minimum absolute atomic E-state index is 0. The molecule has 2 aliphatic rings. The van der Waals surface area contributed by atoms with Crippen molar-refractivity contribution in [3.05, 3.63) is 72.9 Å². The molecule has 0 saturated heterocycles. The predicted molar refractivity (Wildman–Crippen MR) is 87.5 cm³/mol. The number of pyridine rings is 2. The van der Waals surface area contributed by atoms with Crippen LogP contribution in [0.3, 0.4) is 0 Å². The minimum Gasteiger partial charge on any atom is -0.344 e. The van der Waals surface area contributed by atoms with Gasteiger partial charge in [0.05, 0.1) is 16.7 Å². The standard InChI is InChI=1S/C9H5N.C9H7N.H3N/c1-2-4-8-6(3-1)7-5-9(7)10-8;1-2-6-9-8(4-1)5-3-7-10-9;/h1-5H;1-7H;1H3. The first kappa shape index (κ1) is 13.2. The number of nitrogens with zero attached hydrogens (tertiary/aromatic N) is 2. The van der Waals surface area contributed by atoms with Gasteiger partial charge in [0, 0.05) is 22.5 Å². The Bertz CT molecular complexity index is 840. The van der Waals surface area contributed by atoms with E-state index in [1.807, 2.05) is 36.5 Å². The second-order valence-corrected chi connectivity index (χ2v) is 4.77. The molecule has 2 heterocycles. The molecule has 3 aromatic rings. The van der Waals surface area contributed by atoms with Gasteiger partial charge in [-0.25, -0.2) is 4.98 Å². The molecule has 0 atom stereocenters. The molecule has 0 bridgehead atoms. The summed E-state index contributed by atoms with van der Waals surface area (Å²) in [4.78, 5) is 8.53. The van der Waals surface area contributed by atoms with Gasteiger partial charge in [-0.1, -0.05) is 42.5 Å². The number of para-hydroxylation sites is 2. The van der Waals surface area contributed by atoms with Gasteiger partial charge in [-0.2, -0.15) is 0 Å². The minimum atomic E-state index is 0. The lowest BCUT2D eigenvalue weighted by molar-refractivity contribution is 1.41. The highest BCUT2D eigenvalue weighted by Gasteiger charge is 2.18. The number of rotatable bonds is 0. The fraction of sp³-hybridized carbons (Fsp3) is 0. The number of aromatic nitrogens is 2. The quantitative estimate of drug-likeness (QED) is 0.448. The van der Waals surface area contributed by atoms with Crippen molar-refractivity contribution in [2.24, 2.45) is 0 Å². The summed E-state index contributed by atoms with van der Waals surface area (Å²) in [5.41, 5.74) is 4.72. The van der Waals surface area contributed by atoms with Gasteiger partial charge >= 0.3 is 0 Å². The van der Waals surface area contributed by atoms with Crippen LogP contribution in [0.25, 0.3) is 33.1 Å². The van der Waals surface area contributed by atoms with E-state index in [-0.39, 0.29) is 6.15 Å². The van der Waals surface area contributed by atoms with Crippen LogP contribution in [0, 0.1) is 0 Å². The number of benzene rings is 2. The van der Waals surface area contributed by atoms with Gasteiger partial charge in [-0.3, -0.25) is 4.98 Å². The van der Waals surface area contributed by atoms with Gasteiger partial charge in [0.1, 0.15) is 0 Å². The van der Waals surface area contributed by atoms with Crippen LogP contribution < -0.4 is 6.15 Å². The molecule has 0 spiro atoms. The lowest BCUT2D eigenvalue weighted by Gasteiger charge is -1.91. The molecule has 102 valence electrons. The maximum Gasteiger partial charge on any atom is 0.0724 e. The number of hydrogen-bond donors (Lipinski definition) is 1. The molecule has 0 amide bonds. The van der Waals surface area contributed by atoms with Crippen molar-refractivity contribution in [1.82, 2.24) is 16.1 Å². The first-order chi connectivity index (χ1) is 9.92. The van der Waals surface area contributed by atoms with Crippen LogP contribution in [0.4, 0.5) is 0 Å². The van der Waals surface area contributed by atoms with E-state index in [0.29, 0.717) is 0 Å². The highest BCUT2D eigenvalue weighted by molar-refractivity contribution is 6.04. The largest absolute Gasteiger partial charge is 0.344 e. The van der Waals surface area contributed by atoms with Crippen molar-refractivity contribution >= 4 is 21.8 Å². The van der Waals surface area contributed by atoms with Crippen LogP contribution >= 0.6 is 0 Å². The van der Waals surface area contributed by atoms with Crippen molar-refractivity contribution in [2.45, 2.75) is 0 Å². The van der Waals surface area contributed by atoms with Gasteiger partial charge in [0.25, 0.3) is 0 Å². The van der Waals surface area contributed by atoms with E-state index in [4.69, 9.17) is 0 Å². The zero-order valence-corrected chi connectivity index (χ0v) is 11.5. The van der Waals surface area contributed by atoms with Crippen molar-refractivity contribution in [1.29, 1.82) is 0 Å². The lowest BCUT2D eigenvalue weighted by atomic mass is 10.2. The van der Waals surface area contributed by atoms with Crippen LogP contribution in [0.1, 0.15) is 0 Å². The molecule has 0 fully saturated rings. The van der Waals surface area contributed by atoms with Crippen molar-refractivity contribution in [3.63, 3.8) is 0 Å². The summed E-state index contributed by atoms with van der Waals surface area (Å²) in [7, 11) is 0. The van der Waals surface area contributed by atoms with E-state index in [9.17, 15) is 0 Å². The van der Waals surface area contributed by atoms with Gasteiger partial charge in [0.2, 0.25) is 0 Å². The first-order valence-corrected chi connectivity index (χ1v) is 6.62. The van der Waals surface area contributed by atoms with Crippen LogP contribution in [-0.2, 0) is 0 Å². The molecular weight excluding hydrogens is 258 g/mol. The van der Waals surface area contributed by atoms with E-state index in [1.165, 1.54) is 22.0 Å². The average Bonchev–Trinajstić information content (AvgIpc) is 3.20. The highest BCUT2D eigenvalue weighted by atomic mass is 14.7. The molecule has 5 rings (SSSR count). The zero-order chi connectivity index (χ0) is 13.4. The summed E-state index contributed by atoms with van der Waals surface area (Å²) >= 11 is 0. The summed E-state index contributed by atoms with van der Waals surface area (Å²) in [6, 6.07) is 22.4. The Kier molecular flexibility index (Phi) is 3.34. The summed E-state index contributed by atoms with van der Waals surface area (Å²) in [6.07, 6.45) is 1.81. The molecular formula is C18H15N3. The summed E-state index contributed by atoms with van der Waals surface area (Å²) in [5.74, 6) is 0. The maximum atomic E-state index is 4.35. The van der Waals surface area contributed by atoms with Gasteiger partial charge < -0.3 is 6.15 Å². The Balaban J connectivity index is 0.000000120. The maximum absolute atomic E-state index is 4.35. The Hall–Kier alpha value is -2.78. The summed E-state index contributed by atoms with van der Waals surface area (Å²) < 4.78 is 0. The zero-order valence-electron chi connectivity index (χ0n) is 11.5. The monoisotopic (exact) mass is 273 g/mol. The second-order valence-electron chi connectivity index (χ2n) is 4.77. The van der Waals surface area contributed by atoms with Crippen molar-refractivity contribution < 1.29 is 0 Å². The second kappa shape index (κ2) is 5.31. The molecule has 3 N–H and O–H groups in total. The third-order valence-electron chi connectivity index (χ3n) is 3.42. The predicted octanol–water partition coefficient (Wildman–Crippen LogP) is 4.61. The Morgan fingerprint density at radius 1 is 0.714 bits per heavy atom. The van der Waals surface area contributed by atoms with E-state index in [1.54, 1.807) is 0 Å². The number of hydrogen-bond acceptors (Lipinski definition) is 3. The van der Waals surface area contributed by atoms with E-state index in [2.05, 4.69) is 46.4 Å². The van der Waals surface area contributed by atoms with Gasteiger partial charge in [-0.05, 0) is 24.3 Å². The van der Waals surface area contributed by atoms with E-state index < -0.39 is 0 Å². The highest BCUT2D eigenvalue weighted by Crippen LogP contribution is 2.39. The fourth-order valence-corrected chi connectivity index (χ4v) is 2.35. The third kappa shape index (κ3) is 2.47. The molecule has 0 radical (unpaired) electrons. The third-order valence-corrected chi connectivity index (χ3v) is 3.42. The number of fused-ring (bicyclic) bond motifs is 4. The van der Waals surface area contributed by atoms with Crippen LogP contribution in [0.5, 0.6) is 0 Å².